The molecule has 1 aromatic carbocycles. The van der Waals surface area contributed by atoms with Crippen LogP contribution < -0.4 is 20.5 Å². The van der Waals surface area contributed by atoms with Gasteiger partial charge in [0.15, 0.2) is 5.43 Å². The molecular formula is C27H42ClN5O2. The summed E-state index contributed by atoms with van der Waals surface area (Å²) in [7, 11) is 8.10. The van der Waals surface area contributed by atoms with Crippen LogP contribution in [0.3, 0.4) is 0 Å². The monoisotopic (exact) mass is 503 g/mol. The second-order valence-electron chi connectivity index (χ2n) is 10.2. The quantitative estimate of drug-likeness (QED) is 0.445. The summed E-state index contributed by atoms with van der Waals surface area (Å²) in [4.78, 5) is 22.5. The smallest absolute Gasteiger partial charge is 0.188 e. The molecule has 194 valence electrons. The number of aliphatic hydroxyl groups is 1. The lowest BCUT2D eigenvalue weighted by atomic mass is 9.88. The van der Waals surface area contributed by atoms with E-state index >= 15 is 0 Å². The van der Waals surface area contributed by atoms with E-state index in [4.69, 9.17) is 11.6 Å². The maximum atomic E-state index is 12.7. The minimum absolute atomic E-state index is 0.0568. The van der Waals surface area contributed by atoms with E-state index in [1.807, 2.05) is 45.0 Å². The van der Waals surface area contributed by atoms with Crippen molar-refractivity contribution in [3.8, 4) is 0 Å². The lowest BCUT2D eigenvalue weighted by Crippen LogP contribution is -2.42. The van der Waals surface area contributed by atoms with Crippen molar-refractivity contribution in [1.29, 1.82) is 0 Å². The molecule has 1 aliphatic rings. The van der Waals surface area contributed by atoms with Gasteiger partial charge in [0.25, 0.3) is 0 Å². The number of aromatic amines is 1. The van der Waals surface area contributed by atoms with Crippen LogP contribution in [0.15, 0.2) is 23.0 Å². The van der Waals surface area contributed by atoms with Crippen LogP contribution in [0.25, 0.3) is 0 Å². The number of halogens is 1. The average molecular weight is 504 g/mol. The summed E-state index contributed by atoms with van der Waals surface area (Å²) in [5.74, 6) is 0.756. The van der Waals surface area contributed by atoms with Gasteiger partial charge < -0.3 is 24.8 Å². The second-order valence-corrected chi connectivity index (χ2v) is 10.6. The summed E-state index contributed by atoms with van der Waals surface area (Å²) < 4.78 is 0. The summed E-state index contributed by atoms with van der Waals surface area (Å²) in [6.45, 7) is 7.24. The largest absolute Gasteiger partial charge is 0.374 e. The molecule has 3 rings (SSSR count). The summed E-state index contributed by atoms with van der Waals surface area (Å²) in [6, 6.07) is 6.53. The van der Waals surface area contributed by atoms with Crippen LogP contribution in [0.4, 0.5) is 11.5 Å². The van der Waals surface area contributed by atoms with E-state index in [0.717, 1.165) is 47.7 Å². The maximum Gasteiger partial charge on any atom is 0.188 e. The van der Waals surface area contributed by atoms with Crippen molar-refractivity contribution < 1.29 is 5.11 Å². The number of hydrogen-bond donors (Lipinski definition) is 3. The van der Waals surface area contributed by atoms with Crippen molar-refractivity contribution in [3.63, 3.8) is 0 Å². The molecule has 0 amide bonds. The zero-order valence-corrected chi connectivity index (χ0v) is 23.0. The number of aryl methyl sites for hydroxylation is 1. The highest BCUT2D eigenvalue weighted by atomic mass is 35.5. The zero-order valence-electron chi connectivity index (χ0n) is 22.3. The van der Waals surface area contributed by atoms with E-state index in [-0.39, 0.29) is 12.0 Å². The number of rotatable bonds is 9. The Morgan fingerprint density at radius 1 is 1.09 bits per heavy atom. The SMILES string of the molecule is CCN(c1cc(Cl)cc(C(O)NCc2c(C)[nH]c(N(C)C)cc2=O)c1C)C1CCC(N(C)C)CC1. The predicted molar refractivity (Wildman–Crippen MR) is 147 cm³/mol. The fourth-order valence-corrected chi connectivity index (χ4v) is 5.47. The molecule has 1 unspecified atom stereocenters. The Kier molecular flexibility index (Phi) is 9.27. The molecule has 1 atom stereocenters. The summed E-state index contributed by atoms with van der Waals surface area (Å²) >= 11 is 6.55. The molecule has 0 saturated heterocycles. The zero-order chi connectivity index (χ0) is 25.9. The van der Waals surface area contributed by atoms with Gasteiger partial charge in [-0.05, 0) is 78.2 Å². The van der Waals surface area contributed by atoms with Gasteiger partial charge in [-0.25, -0.2) is 0 Å². The van der Waals surface area contributed by atoms with Crippen molar-refractivity contribution >= 4 is 23.1 Å². The number of aliphatic hydroxyl groups excluding tert-OH is 1. The lowest BCUT2D eigenvalue weighted by molar-refractivity contribution is 0.136. The van der Waals surface area contributed by atoms with Gasteiger partial charge in [0, 0.05) is 72.9 Å². The number of nitrogens with zero attached hydrogens (tertiary/aromatic N) is 3. The Balaban J connectivity index is 1.80. The number of pyridine rings is 1. The van der Waals surface area contributed by atoms with Gasteiger partial charge in [-0.3, -0.25) is 10.1 Å². The van der Waals surface area contributed by atoms with E-state index in [1.165, 1.54) is 12.8 Å². The van der Waals surface area contributed by atoms with E-state index in [9.17, 15) is 9.90 Å². The molecule has 3 N–H and O–H groups in total. The Morgan fingerprint density at radius 3 is 2.26 bits per heavy atom. The molecule has 2 aromatic rings. The Hall–Kier alpha value is -2.06. The van der Waals surface area contributed by atoms with Crippen LogP contribution >= 0.6 is 11.6 Å². The highest BCUT2D eigenvalue weighted by molar-refractivity contribution is 6.31. The topological polar surface area (TPSA) is 74.8 Å². The normalized spacial score (nSPS) is 19.1. The van der Waals surface area contributed by atoms with Gasteiger partial charge in [-0.15, -0.1) is 0 Å². The molecule has 0 spiro atoms. The van der Waals surface area contributed by atoms with E-state index in [1.54, 1.807) is 6.07 Å². The van der Waals surface area contributed by atoms with Gasteiger partial charge in [-0.2, -0.15) is 0 Å². The summed E-state index contributed by atoms with van der Waals surface area (Å²) in [5.41, 5.74) is 4.18. The van der Waals surface area contributed by atoms with Crippen molar-refractivity contribution in [1.82, 2.24) is 15.2 Å². The molecule has 1 aliphatic carbocycles. The molecule has 8 heteroatoms. The van der Waals surface area contributed by atoms with Crippen LogP contribution in [0.5, 0.6) is 0 Å². The van der Waals surface area contributed by atoms with Crippen LogP contribution in [-0.4, -0.2) is 61.8 Å². The van der Waals surface area contributed by atoms with E-state index < -0.39 is 6.23 Å². The molecule has 7 nitrogen and oxygen atoms in total. The Labute approximate surface area is 215 Å². The number of nitrogens with one attached hydrogen (secondary N) is 2. The molecular weight excluding hydrogens is 462 g/mol. The molecule has 1 saturated carbocycles. The van der Waals surface area contributed by atoms with Gasteiger partial charge >= 0.3 is 0 Å². The Bertz CT molecular complexity index is 1060. The molecule has 35 heavy (non-hydrogen) atoms. The van der Waals surface area contributed by atoms with Gasteiger partial charge in [0.05, 0.1) is 0 Å². The molecule has 1 aromatic heterocycles. The van der Waals surface area contributed by atoms with Gasteiger partial charge in [0.2, 0.25) is 0 Å². The van der Waals surface area contributed by atoms with Gasteiger partial charge in [0.1, 0.15) is 12.0 Å². The molecule has 0 radical (unpaired) electrons. The minimum atomic E-state index is -0.942. The standard InChI is InChI=1S/C27H42ClN5O2/c1-8-33(21-11-9-20(10-12-21)31(4)5)24-14-19(28)13-22(17(24)2)27(35)29-16-23-18(3)30-26(32(6)7)15-25(23)34/h13-15,20-21,27,29,35H,8-12,16H2,1-7H3,(H,30,34). The van der Waals surface area contributed by atoms with Crippen LogP contribution in [-0.2, 0) is 6.54 Å². The van der Waals surface area contributed by atoms with Crippen molar-refractivity contribution in [2.75, 3.05) is 44.5 Å². The van der Waals surface area contributed by atoms with Crippen molar-refractivity contribution in [2.45, 2.75) is 71.3 Å². The van der Waals surface area contributed by atoms with Crippen LogP contribution in [0, 0.1) is 13.8 Å². The third-order valence-corrected chi connectivity index (χ3v) is 7.67. The van der Waals surface area contributed by atoms with Crippen molar-refractivity contribution in [2.24, 2.45) is 0 Å². The van der Waals surface area contributed by atoms with Crippen molar-refractivity contribution in [3.05, 3.63) is 55.8 Å². The number of hydrogen-bond acceptors (Lipinski definition) is 6. The summed E-state index contributed by atoms with van der Waals surface area (Å²) in [6.07, 6.45) is 3.72. The first-order chi connectivity index (χ1) is 16.5. The minimum Gasteiger partial charge on any atom is -0.374 e. The lowest BCUT2D eigenvalue weighted by Gasteiger charge is -2.40. The molecule has 0 aliphatic heterocycles. The van der Waals surface area contributed by atoms with Crippen LogP contribution in [0.1, 0.15) is 61.2 Å². The highest BCUT2D eigenvalue weighted by Crippen LogP contribution is 2.35. The fraction of sp³-hybridized carbons (Fsp3) is 0.593. The number of anilines is 2. The fourth-order valence-electron chi connectivity index (χ4n) is 5.25. The first kappa shape index (κ1) is 27.5. The summed E-state index contributed by atoms with van der Waals surface area (Å²) in [5, 5.41) is 14.8. The average Bonchev–Trinajstić information content (AvgIpc) is 2.80. The number of H-pyrrole nitrogens is 1. The van der Waals surface area contributed by atoms with E-state index in [2.05, 4.69) is 41.1 Å². The van der Waals surface area contributed by atoms with Gasteiger partial charge in [-0.1, -0.05) is 11.6 Å². The first-order valence-electron chi connectivity index (χ1n) is 12.6. The predicted octanol–water partition coefficient (Wildman–Crippen LogP) is 4.19. The number of benzene rings is 1. The maximum absolute atomic E-state index is 12.7. The third-order valence-electron chi connectivity index (χ3n) is 7.45. The number of aromatic nitrogens is 1. The second kappa shape index (κ2) is 11.8. The molecule has 0 bridgehead atoms. The van der Waals surface area contributed by atoms with Crippen LogP contribution in [0.2, 0.25) is 5.02 Å². The third kappa shape index (κ3) is 6.39. The Morgan fingerprint density at radius 2 is 1.71 bits per heavy atom. The molecule has 1 heterocycles. The van der Waals surface area contributed by atoms with E-state index in [0.29, 0.717) is 22.7 Å². The first-order valence-corrected chi connectivity index (χ1v) is 13.0. The molecule has 1 fully saturated rings. The highest BCUT2D eigenvalue weighted by Gasteiger charge is 2.28.